The summed E-state index contributed by atoms with van der Waals surface area (Å²) in [6.07, 6.45) is 1.51. The number of hydrazone groups is 1. The maximum absolute atomic E-state index is 9.09. The van der Waals surface area contributed by atoms with Gasteiger partial charge in [0.2, 0.25) is 0 Å². The second kappa shape index (κ2) is 4.42. The third-order valence-corrected chi connectivity index (χ3v) is 1.35. The molecule has 0 fully saturated rings. The van der Waals surface area contributed by atoms with E-state index < -0.39 is 0 Å². The first-order valence-corrected chi connectivity index (χ1v) is 3.97. The minimum absolute atomic E-state index is 0.108. The lowest BCUT2D eigenvalue weighted by Gasteiger charge is -1.95. The molecule has 5 heteroatoms. The lowest BCUT2D eigenvalue weighted by molar-refractivity contribution is 0.475. The zero-order valence-corrected chi connectivity index (χ0v) is 7.58. The monoisotopic (exact) mass is 195 g/mol. The van der Waals surface area contributed by atoms with Crippen LogP contribution >= 0.6 is 12.2 Å². The van der Waals surface area contributed by atoms with Gasteiger partial charge in [0.1, 0.15) is 5.75 Å². The molecule has 1 rings (SSSR count). The predicted octanol–water partition coefficient (Wildman–Crippen LogP) is 0.559. The fraction of sp³-hybridized carbons (Fsp3) is 0. The van der Waals surface area contributed by atoms with Crippen molar-refractivity contribution in [1.29, 1.82) is 0 Å². The SMILES string of the molecule is NC(=S)N/N=C/c1cccc(O)c1. The van der Waals surface area contributed by atoms with Crippen LogP contribution in [0.15, 0.2) is 29.4 Å². The molecule has 0 saturated heterocycles. The molecule has 0 aliphatic carbocycles. The number of thiocarbonyl (C=S) groups is 1. The van der Waals surface area contributed by atoms with Gasteiger partial charge in [-0.05, 0) is 29.9 Å². The lowest BCUT2D eigenvalue weighted by atomic mass is 10.2. The second-order valence-electron chi connectivity index (χ2n) is 2.33. The summed E-state index contributed by atoms with van der Waals surface area (Å²) in [5, 5.41) is 12.9. The average Bonchev–Trinajstić information content (AvgIpc) is 2.03. The van der Waals surface area contributed by atoms with Gasteiger partial charge < -0.3 is 10.8 Å². The summed E-state index contributed by atoms with van der Waals surface area (Å²) in [6.45, 7) is 0. The van der Waals surface area contributed by atoms with Crippen LogP contribution in [0.2, 0.25) is 0 Å². The topological polar surface area (TPSA) is 70.6 Å². The van der Waals surface area contributed by atoms with Crippen LogP contribution in [0.25, 0.3) is 0 Å². The first-order valence-electron chi connectivity index (χ1n) is 3.56. The molecule has 4 nitrogen and oxygen atoms in total. The van der Waals surface area contributed by atoms with Crippen molar-refractivity contribution in [2.24, 2.45) is 10.8 Å². The Labute approximate surface area is 81.1 Å². The molecule has 13 heavy (non-hydrogen) atoms. The van der Waals surface area contributed by atoms with Crippen LogP contribution in [0, 0.1) is 0 Å². The van der Waals surface area contributed by atoms with Crippen LogP contribution in [-0.2, 0) is 0 Å². The van der Waals surface area contributed by atoms with Crippen LogP contribution in [-0.4, -0.2) is 16.4 Å². The largest absolute Gasteiger partial charge is 0.508 e. The first kappa shape index (κ1) is 9.47. The van der Waals surface area contributed by atoms with Gasteiger partial charge in [-0.3, -0.25) is 5.43 Å². The molecule has 1 aromatic rings. The number of rotatable bonds is 2. The Morgan fingerprint density at radius 2 is 2.38 bits per heavy atom. The quantitative estimate of drug-likeness (QED) is 0.366. The van der Waals surface area contributed by atoms with Crippen LogP contribution in [0.1, 0.15) is 5.56 Å². The summed E-state index contributed by atoms with van der Waals surface area (Å²) in [4.78, 5) is 0. The standard InChI is InChI=1S/C8H9N3OS/c9-8(13)11-10-5-6-2-1-3-7(12)4-6/h1-5,12H,(H3,9,11,13)/b10-5+. The number of phenolic OH excluding ortho intramolecular Hbond substituents is 1. The fourth-order valence-electron chi connectivity index (χ4n) is 0.776. The van der Waals surface area contributed by atoms with E-state index in [0.717, 1.165) is 5.56 Å². The summed E-state index contributed by atoms with van der Waals surface area (Å²) < 4.78 is 0. The van der Waals surface area contributed by atoms with Gasteiger partial charge in [0.25, 0.3) is 0 Å². The van der Waals surface area contributed by atoms with E-state index >= 15 is 0 Å². The highest BCUT2D eigenvalue weighted by Crippen LogP contribution is 2.08. The number of aromatic hydroxyl groups is 1. The van der Waals surface area contributed by atoms with E-state index in [-0.39, 0.29) is 10.9 Å². The Kier molecular flexibility index (Phi) is 3.22. The number of phenols is 1. The Morgan fingerprint density at radius 1 is 1.62 bits per heavy atom. The van der Waals surface area contributed by atoms with Crippen LogP contribution in [0.3, 0.4) is 0 Å². The van der Waals surface area contributed by atoms with E-state index in [1.165, 1.54) is 6.21 Å². The first-order chi connectivity index (χ1) is 6.18. The molecule has 68 valence electrons. The van der Waals surface area contributed by atoms with Gasteiger partial charge in [0.15, 0.2) is 5.11 Å². The van der Waals surface area contributed by atoms with Gasteiger partial charge in [-0.15, -0.1) is 0 Å². The molecule has 0 saturated carbocycles. The van der Waals surface area contributed by atoms with Crippen molar-refractivity contribution in [1.82, 2.24) is 5.43 Å². The molecule has 0 aromatic heterocycles. The number of hydrogen-bond acceptors (Lipinski definition) is 3. The number of hydrogen-bond donors (Lipinski definition) is 3. The van der Waals surface area contributed by atoms with Crippen molar-refractivity contribution in [3.05, 3.63) is 29.8 Å². The molecule has 0 atom stereocenters. The van der Waals surface area contributed by atoms with Gasteiger partial charge in [0, 0.05) is 0 Å². The normalized spacial score (nSPS) is 10.2. The molecule has 0 spiro atoms. The number of nitrogens with zero attached hydrogens (tertiary/aromatic N) is 1. The van der Waals surface area contributed by atoms with E-state index in [4.69, 9.17) is 10.8 Å². The van der Waals surface area contributed by atoms with Gasteiger partial charge in [-0.1, -0.05) is 12.1 Å². The Hall–Kier alpha value is -1.62. The highest BCUT2D eigenvalue weighted by molar-refractivity contribution is 7.80. The Bertz CT molecular complexity index is 338. The van der Waals surface area contributed by atoms with Crippen LogP contribution in [0.5, 0.6) is 5.75 Å². The molecular weight excluding hydrogens is 186 g/mol. The molecule has 0 amide bonds. The van der Waals surface area contributed by atoms with Crippen molar-refractivity contribution >= 4 is 23.5 Å². The zero-order valence-electron chi connectivity index (χ0n) is 6.77. The number of benzene rings is 1. The molecule has 1 aromatic carbocycles. The average molecular weight is 195 g/mol. The molecule has 0 unspecified atom stereocenters. The maximum atomic E-state index is 9.09. The summed E-state index contributed by atoms with van der Waals surface area (Å²) in [5.41, 5.74) is 8.32. The fourth-order valence-corrected chi connectivity index (χ4v) is 0.828. The van der Waals surface area contributed by atoms with E-state index in [0.29, 0.717) is 0 Å². The minimum atomic E-state index is 0.108. The number of nitrogens with one attached hydrogen (secondary N) is 1. The third kappa shape index (κ3) is 3.53. The van der Waals surface area contributed by atoms with Crippen LogP contribution in [0.4, 0.5) is 0 Å². The minimum Gasteiger partial charge on any atom is -0.508 e. The highest BCUT2D eigenvalue weighted by atomic mass is 32.1. The summed E-state index contributed by atoms with van der Waals surface area (Å²) in [6, 6.07) is 6.67. The number of nitrogens with two attached hydrogens (primary N) is 1. The molecule has 0 aliphatic rings. The van der Waals surface area contributed by atoms with E-state index in [1.54, 1.807) is 24.3 Å². The van der Waals surface area contributed by atoms with Gasteiger partial charge in [-0.25, -0.2) is 0 Å². The van der Waals surface area contributed by atoms with Gasteiger partial charge in [0.05, 0.1) is 6.21 Å². The highest BCUT2D eigenvalue weighted by Gasteiger charge is 1.89. The maximum Gasteiger partial charge on any atom is 0.184 e. The summed E-state index contributed by atoms with van der Waals surface area (Å²) >= 11 is 4.54. The molecule has 4 N–H and O–H groups in total. The van der Waals surface area contributed by atoms with Crippen molar-refractivity contribution in [3.63, 3.8) is 0 Å². The smallest absolute Gasteiger partial charge is 0.184 e. The Balaban J connectivity index is 2.63. The predicted molar refractivity (Wildman–Crippen MR) is 55.6 cm³/mol. The Morgan fingerprint density at radius 3 is 3.00 bits per heavy atom. The molecule has 0 aliphatic heterocycles. The lowest BCUT2D eigenvalue weighted by Crippen LogP contribution is -2.23. The van der Waals surface area contributed by atoms with E-state index in [2.05, 4.69) is 22.7 Å². The zero-order chi connectivity index (χ0) is 9.68. The molecule has 0 bridgehead atoms. The van der Waals surface area contributed by atoms with Crippen molar-refractivity contribution in [3.8, 4) is 5.75 Å². The van der Waals surface area contributed by atoms with Crippen molar-refractivity contribution < 1.29 is 5.11 Å². The van der Waals surface area contributed by atoms with E-state index in [9.17, 15) is 0 Å². The van der Waals surface area contributed by atoms with Gasteiger partial charge in [-0.2, -0.15) is 5.10 Å². The summed E-state index contributed by atoms with van der Waals surface area (Å²) in [5.74, 6) is 0.194. The van der Waals surface area contributed by atoms with E-state index in [1.807, 2.05) is 0 Å². The van der Waals surface area contributed by atoms with Gasteiger partial charge >= 0.3 is 0 Å². The molecule has 0 radical (unpaired) electrons. The van der Waals surface area contributed by atoms with Crippen LogP contribution < -0.4 is 11.2 Å². The third-order valence-electron chi connectivity index (χ3n) is 1.26. The second-order valence-corrected chi connectivity index (χ2v) is 2.77. The summed E-state index contributed by atoms with van der Waals surface area (Å²) in [7, 11) is 0. The van der Waals surface area contributed by atoms with Crippen molar-refractivity contribution in [2.75, 3.05) is 0 Å². The van der Waals surface area contributed by atoms with Crippen molar-refractivity contribution in [2.45, 2.75) is 0 Å². The molecular formula is C8H9N3OS. The molecule has 0 heterocycles.